The van der Waals surface area contributed by atoms with Gasteiger partial charge >= 0.3 is 5.97 Å². The number of esters is 1. The van der Waals surface area contributed by atoms with Crippen molar-refractivity contribution in [3.05, 3.63) is 17.4 Å². The van der Waals surface area contributed by atoms with Crippen molar-refractivity contribution in [3.63, 3.8) is 0 Å². The number of hydrogen-bond donors (Lipinski definition) is 2. The van der Waals surface area contributed by atoms with Gasteiger partial charge in [0.1, 0.15) is 6.04 Å². The summed E-state index contributed by atoms with van der Waals surface area (Å²) in [5.74, 6) is -0.551. The maximum absolute atomic E-state index is 11.7. The second-order valence-corrected chi connectivity index (χ2v) is 4.53. The topological polar surface area (TPSA) is 73.2 Å². The van der Waals surface area contributed by atoms with Gasteiger partial charge in [-0.05, 0) is 6.92 Å². The molecule has 6 nitrogen and oxygen atoms in total. The van der Waals surface area contributed by atoms with Crippen molar-refractivity contribution < 1.29 is 14.3 Å². The molecule has 0 saturated carbocycles. The molecule has 0 aromatic carbocycles. The Morgan fingerprint density at radius 1 is 1.63 bits per heavy atom. The highest BCUT2D eigenvalue weighted by molar-refractivity contribution is 7.80. The van der Waals surface area contributed by atoms with E-state index in [-0.39, 0.29) is 24.7 Å². The van der Waals surface area contributed by atoms with E-state index in [9.17, 15) is 9.59 Å². The Kier molecular flexibility index (Phi) is 6.72. The van der Waals surface area contributed by atoms with Crippen LogP contribution in [0.25, 0.3) is 0 Å². The van der Waals surface area contributed by atoms with Crippen molar-refractivity contribution in [3.8, 4) is 0 Å². The predicted octanol–water partition coefficient (Wildman–Crippen LogP) is 0.904. The van der Waals surface area contributed by atoms with Crippen LogP contribution in [0.15, 0.2) is 12.4 Å². The first-order valence-electron chi connectivity index (χ1n) is 5.81. The van der Waals surface area contributed by atoms with Gasteiger partial charge in [0.25, 0.3) is 0 Å². The third-order valence-corrected chi connectivity index (χ3v) is 2.82. The maximum Gasteiger partial charge on any atom is 0.329 e. The quantitative estimate of drug-likeness (QED) is 0.580. The number of rotatable bonds is 7. The molecule has 0 saturated heterocycles. The van der Waals surface area contributed by atoms with Crippen LogP contribution in [0.4, 0.5) is 0 Å². The average Bonchev–Trinajstić information content (AvgIpc) is 2.79. The van der Waals surface area contributed by atoms with Gasteiger partial charge in [-0.3, -0.25) is 9.48 Å². The van der Waals surface area contributed by atoms with E-state index in [2.05, 4.69) is 23.0 Å². The summed E-state index contributed by atoms with van der Waals surface area (Å²) in [5, 5.41) is 7.03. The van der Waals surface area contributed by atoms with Gasteiger partial charge < -0.3 is 10.1 Å². The number of thiol groups is 1. The number of aryl methyl sites for hydroxylation is 1. The van der Waals surface area contributed by atoms with Gasteiger partial charge in [0, 0.05) is 24.9 Å². The number of nitrogens with one attached hydrogen (secondary N) is 1. The van der Waals surface area contributed by atoms with Gasteiger partial charge in [-0.1, -0.05) is 11.6 Å². The highest BCUT2D eigenvalue weighted by Crippen LogP contribution is 2.05. The van der Waals surface area contributed by atoms with Crippen LogP contribution < -0.4 is 5.32 Å². The Morgan fingerprint density at radius 2 is 2.37 bits per heavy atom. The number of amides is 1. The summed E-state index contributed by atoms with van der Waals surface area (Å²) in [7, 11) is 0. The fourth-order valence-corrected chi connectivity index (χ4v) is 1.76. The third-order valence-electron chi connectivity index (χ3n) is 2.26. The summed E-state index contributed by atoms with van der Waals surface area (Å²) in [5.41, 5.74) is 0. The molecule has 1 atom stereocenters. The van der Waals surface area contributed by atoms with Gasteiger partial charge in [0.15, 0.2) is 0 Å². The van der Waals surface area contributed by atoms with E-state index in [1.54, 1.807) is 17.8 Å². The average molecular weight is 306 g/mol. The number of hydrogen-bond acceptors (Lipinski definition) is 5. The van der Waals surface area contributed by atoms with Crippen LogP contribution in [0.3, 0.4) is 0 Å². The van der Waals surface area contributed by atoms with Crippen LogP contribution in [0, 0.1) is 0 Å². The van der Waals surface area contributed by atoms with E-state index in [0.717, 1.165) is 0 Å². The predicted molar refractivity (Wildman–Crippen MR) is 74.3 cm³/mol. The Balaban J connectivity index is 2.38. The number of carbonyl (C=O) groups is 2. The van der Waals surface area contributed by atoms with Crippen LogP contribution in [-0.2, 0) is 20.9 Å². The lowest BCUT2D eigenvalue weighted by atomic mass is 10.3. The molecule has 1 amide bonds. The lowest BCUT2D eigenvalue weighted by Gasteiger charge is -2.14. The zero-order chi connectivity index (χ0) is 14.3. The fraction of sp³-hybridized carbons (Fsp3) is 0.545. The molecular formula is C11H16ClN3O3S. The summed E-state index contributed by atoms with van der Waals surface area (Å²) >= 11 is 9.72. The first kappa shape index (κ1) is 15.8. The van der Waals surface area contributed by atoms with Crippen molar-refractivity contribution in [2.24, 2.45) is 0 Å². The lowest BCUT2D eigenvalue weighted by molar-refractivity contribution is -0.146. The minimum absolute atomic E-state index is 0.193. The molecule has 19 heavy (non-hydrogen) atoms. The van der Waals surface area contributed by atoms with Crippen molar-refractivity contribution >= 4 is 36.1 Å². The molecule has 0 aliphatic rings. The molecule has 0 spiro atoms. The minimum atomic E-state index is -0.725. The van der Waals surface area contributed by atoms with Crippen molar-refractivity contribution in [2.45, 2.75) is 25.9 Å². The summed E-state index contributed by atoms with van der Waals surface area (Å²) in [6.07, 6.45) is 3.31. The maximum atomic E-state index is 11.7. The molecule has 1 aromatic rings. The molecule has 1 rings (SSSR count). The monoisotopic (exact) mass is 305 g/mol. The molecule has 0 radical (unpaired) electrons. The number of halogens is 1. The second kappa shape index (κ2) is 8.06. The van der Waals surface area contributed by atoms with Crippen LogP contribution >= 0.6 is 24.2 Å². The van der Waals surface area contributed by atoms with Crippen LogP contribution in [0.5, 0.6) is 0 Å². The molecule has 0 aliphatic carbocycles. The van der Waals surface area contributed by atoms with Gasteiger partial charge in [-0.25, -0.2) is 4.79 Å². The van der Waals surface area contributed by atoms with E-state index >= 15 is 0 Å². The molecule has 106 valence electrons. The molecule has 1 aromatic heterocycles. The first-order chi connectivity index (χ1) is 9.06. The fourth-order valence-electron chi connectivity index (χ4n) is 1.37. The number of nitrogens with zero attached hydrogens (tertiary/aromatic N) is 2. The van der Waals surface area contributed by atoms with E-state index in [1.807, 2.05) is 0 Å². The van der Waals surface area contributed by atoms with Gasteiger partial charge in [-0.15, -0.1) is 0 Å². The van der Waals surface area contributed by atoms with Crippen LogP contribution in [0.1, 0.15) is 13.3 Å². The third kappa shape index (κ3) is 5.52. The normalized spacial score (nSPS) is 11.9. The summed E-state index contributed by atoms with van der Waals surface area (Å²) < 4.78 is 6.38. The summed E-state index contributed by atoms with van der Waals surface area (Å²) in [4.78, 5) is 23.1. The Labute approximate surface area is 121 Å². The minimum Gasteiger partial charge on any atom is -0.464 e. The van der Waals surface area contributed by atoms with Gasteiger partial charge in [0.05, 0.1) is 17.8 Å². The molecule has 0 bridgehead atoms. The van der Waals surface area contributed by atoms with Gasteiger partial charge in [0.2, 0.25) is 5.91 Å². The smallest absolute Gasteiger partial charge is 0.329 e. The van der Waals surface area contributed by atoms with Crippen molar-refractivity contribution in [1.82, 2.24) is 15.1 Å². The molecule has 0 aliphatic heterocycles. The lowest BCUT2D eigenvalue weighted by Crippen LogP contribution is -2.43. The Morgan fingerprint density at radius 3 is 2.89 bits per heavy atom. The van der Waals surface area contributed by atoms with Gasteiger partial charge in [-0.2, -0.15) is 17.7 Å². The number of carbonyl (C=O) groups excluding carboxylic acids is 2. The first-order valence-corrected chi connectivity index (χ1v) is 6.82. The molecule has 1 heterocycles. The molecule has 1 N–H and O–H groups in total. The Hall–Kier alpha value is -1.21. The SMILES string of the molecule is CCOC(=O)[C@H](CS)NC(=O)CCn1cc(Cl)cn1. The standard InChI is InChI=1S/C11H16ClN3O3S/c1-2-18-11(17)9(7-19)14-10(16)3-4-15-6-8(12)5-13-15/h5-6,9,19H,2-4,7H2,1H3,(H,14,16)/t9-/m0/s1. The number of aromatic nitrogens is 2. The molecular weight excluding hydrogens is 290 g/mol. The van der Waals surface area contributed by atoms with Crippen molar-refractivity contribution in [1.29, 1.82) is 0 Å². The Bertz CT molecular complexity index is 439. The second-order valence-electron chi connectivity index (χ2n) is 3.73. The molecule has 0 unspecified atom stereocenters. The van der Waals surface area contributed by atoms with Crippen molar-refractivity contribution in [2.75, 3.05) is 12.4 Å². The summed E-state index contributed by atoms with van der Waals surface area (Å²) in [6, 6.07) is -0.725. The highest BCUT2D eigenvalue weighted by Gasteiger charge is 2.20. The zero-order valence-corrected chi connectivity index (χ0v) is 12.2. The summed E-state index contributed by atoms with van der Waals surface area (Å²) in [6.45, 7) is 2.36. The van der Waals surface area contributed by atoms with E-state index in [4.69, 9.17) is 16.3 Å². The van der Waals surface area contributed by atoms with E-state index in [1.165, 1.54) is 6.20 Å². The van der Waals surface area contributed by atoms with Crippen LogP contribution in [-0.4, -0.2) is 40.1 Å². The molecule has 8 heteroatoms. The number of ether oxygens (including phenoxy) is 1. The van der Waals surface area contributed by atoms with E-state index < -0.39 is 12.0 Å². The zero-order valence-electron chi connectivity index (χ0n) is 10.5. The highest BCUT2D eigenvalue weighted by atomic mass is 35.5. The largest absolute Gasteiger partial charge is 0.464 e. The molecule has 0 fully saturated rings. The van der Waals surface area contributed by atoms with Crippen LogP contribution in [0.2, 0.25) is 5.02 Å². The van der Waals surface area contributed by atoms with E-state index in [0.29, 0.717) is 11.6 Å².